The van der Waals surface area contributed by atoms with Crippen molar-refractivity contribution in [1.82, 2.24) is 25.5 Å². The van der Waals surface area contributed by atoms with Crippen LogP contribution in [0.25, 0.3) is 21.5 Å². The Morgan fingerprint density at radius 1 is 1.19 bits per heavy atom. The third-order valence-electron chi connectivity index (χ3n) is 7.23. The second-order valence-corrected chi connectivity index (χ2v) is 13.3. The predicted octanol–water partition coefficient (Wildman–Crippen LogP) is 4.44. The van der Waals surface area contributed by atoms with E-state index in [-0.39, 0.29) is 31.3 Å². The Morgan fingerprint density at radius 2 is 1.93 bits per heavy atom. The second-order valence-electron chi connectivity index (χ2n) is 11.5. The molecule has 1 saturated heterocycles. The first-order valence-corrected chi connectivity index (χ1v) is 15.2. The number of nitrogens with one attached hydrogen (secondary N) is 2. The van der Waals surface area contributed by atoms with Gasteiger partial charge in [-0.15, -0.1) is 11.3 Å². The number of aliphatic hydroxyl groups is 1. The van der Waals surface area contributed by atoms with E-state index < -0.39 is 35.4 Å². The summed E-state index contributed by atoms with van der Waals surface area (Å²) >= 11 is 4.95. The summed E-state index contributed by atoms with van der Waals surface area (Å²) in [5, 5.41) is 16.1. The van der Waals surface area contributed by atoms with E-state index in [0.717, 1.165) is 26.2 Å². The molecule has 2 aromatic carbocycles. The van der Waals surface area contributed by atoms with E-state index in [1.807, 2.05) is 57.5 Å². The molecular weight excluding hydrogens is 622 g/mol. The number of thiazole rings is 1. The molecule has 4 aromatic rings. The Morgan fingerprint density at radius 3 is 2.60 bits per heavy atom. The Bertz CT molecular complexity index is 1630. The molecule has 0 radical (unpaired) electrons. The van der Waals surface area contributed by atoms with Crippen molar-refractivity contribution in [2.45, 2.75) is 58.8 Å². The molecule has 1 aliphatic rings. The number of oxazole rings is 1. The number of nitrogens with zero attached hydrogens (tertiary/aromatic N) is 3. The van der Waals surface area contributed by atoms with Crippen LogP contribution in [0.5, 0.6) is 0 Å². The summed E-state index contributed by atoms with van der Waals surface area (Å²) in [6.07, 6.45) is -0.759. The lowest BCUT2D eigenvalue weighted by Gasteiger charge is -2.35. The van der Waals surface area contributed by atoms with Crippen LogP contribution in [0.4, 0.5) is 0 Å². The van der Waals surface area contributed by atoms with Gasteiger partial charge in [-0.2, -0.15) is 0 Å². The lowest BCUT2D eigenvalue weighted by Crippen LogP contribution is -2.57. The van der Waals surface area contributed by atoms with Crippen molar-refractivity contribution >= 4 is 56.1 Å². The highest BCUT2D eigenvalue weighted by atomic mass is 79.9. The zero-order valence-electron chi connectivity index (χ0n) is 23.7. The van der Waals surface area contributed by atoms with Gasteiger partial charge in [0.1, 0.15) is 17.6 Å². The summed E-state index contributed by atoms with van der Waals surface area (Å²) in [5.41, 5.74) is 4.96. The van der Waals surface area contributed by atoms with Gasteiger partial charge < -0.3 is 25.1 Å². The third kappa shape index (κ3) is 6.40. The molecule has 0 spiro atoms. The van der Waals surface area contributed by atoms with E-state index in [4.69, 9.17) is 4.42 Å². The molecule has 0 aliphatic carbocycles. The minimum Gasteiger partial charge on any atom is -0.432 e. The second kappa shape index (κ2) is 11.9. The van der Waals surface area contributed by atoms with Crippen LogP contribution >= 0.6 is 27.3 Å². The SMILES string of the molecule is Cc1ncsc1-c1ccc(CNC(=O)[C@@H]2C[C@@H](O)CN2C(=O)C(NC(=O)c2nc3cc(Br)ccc3o2)C(C)(C)C)cc1. The van der Waals surface area contributed by atoms with Gasteiger partial charge in [0, 0.05) is 24.0 Å². The van der Waals surface area contributed by atoms with Crippen LogP contribution in [0, 0.1) is 12.3 Å². The molecule has 220 valence electrons. The van der Waals surface area contributed by atoms with E-state index in [2.05, 4.69) is 36.5 Å². The van der Waals surface area contributed by atoms with Crippen LogP contribution in [0.15, 0.2) is 56.9 Å². The van der Waals surface area contributed by atoms with Crippen molar-refractivity contribution in [2.24, 2.45) is 5.41 Å². The molecule has 1 fully saturated rings. The minimum atomic E-state index is -1.00. The molecule has 1 unspecified atom stereocenters. The van der Waals surface area contributed by atoms with Gasteiger partial charge in [-0.1, -0.05) is 61.0 Å². The zero-order chi connectivity index (χ0) is 30.2. The topological polar surface area (TPSA) is 138 Å². The number of likely N-dealkylation sites (tertiary alicyclic amines) is 1. The van der Waals surface area contributed by atoms with E-state index in [9.17, 15) is 19.5 Å². The average molecular weight is 655 g/mol. The van der Waals surface area contributed by atoms with Crippen molar-refractivity contribution < 1.29 is 23.9 Å². The number of aryl methyl sites for hydroxylation is 1. The van der Waals surface area contributed by atoms with Crippen LogP contribution < -0.4 is 10.6 Å². The van der Waals surface area contributed by atoms with Crippen molar-refractivity contribution in [3.8, 4) is 10.4 Å². The quantitative estimate of drug-likeness (QED) is 0.268. The lowest BCUT2D eigenvalue weighted by atomic mass is 9.85. The number of hydrogen-bond donors (Lipinski definition) is 3. The van der Waals surface area contributed by atoms with Gasteiger partial charge in [0.05, 0.1) is 22.2 Å². The van der Waals surface area contributed by atoms with Gasteiger partial charge in [0.25, 0.3) is 5.89 Å². The first kappa shape index (κ1) is 29.9. The van der Waals surface area contributed by atoms with Crippen LogP contribution in [-0.2, 0) is 16.1 Å². The van der Waals surface area contributed by atoms with Gasteiger partial charge in [0.15, 0.2) is 5.58 Å². The number of aliphatic hydroxyl groups excluding tert-OH is 1. The number of fused-ring (bicyclic) bond motifs is 1. The Labute approximate surface area is 255 Å². The molecule has 3 amide bonds. The maximum absolute atomic E-state index is 13.8. The highest BCUT2D eigenvalue weighted by Crippen LogP contribution is 2.29. The van der Waals surface area contributed by atoms with Crippen molar-refractivity contribution in [3.05, 3.63) is 69.6 Å². The predicted molar refractivity (Wildman–Crippen MR) is 163 cm³/mol. The number of carbonyl (C=O) groups excluding carboxylic acids is 3. The van der Waals surface area contributed by atoms with Gasteiger partial charge in [0.2, 0.25) is 11.8 Å². The molecule has 0 saturated carbocycles. The van der Waals surface area contributed by atoms with Crippen LogP contribution in [0.3, 0.4) is 0 Å². The Hall–Kier alpha value is -3.61. The monoisotopic (exact) mass is 653 g/mol. The number of hydrogen-bond acceptors (Lipinski definition) is 8. The Kier molecular flexibility index (Phi) is 8.49. The van der Waals surface area contributed by atoms with E-state index in [1.165, 1.54) is 4.90 Å². The normalized spacial score (nSPS) is 17.8. The van der Waals surface area contributed by atoms with Gasteiger partial charge in [-0.25, -0.2) is 9.97 Å². The standard InChI is InChI=1S/C30H32BrN5O5S/c1-16-24(42-15-33-16)18-7-5-17(6-8-18)13-32-26(38)22-12-20(37)14-36(22)29(40)25(30(2,3)4)35-27(39)28-34-21-11-19(31)9-10-23(21)41-28/h5-11,15,20,22,25,37H,12-14H2,1-4H3,(H,32,38)(H,35,39)/t20-,22+,25?/m1/s1. The first-order valence-electron chi connectivity index (χ1n) is 13.5. The zero-order valence-corrected chi connectivity index (χ0v) is 26.1. The van der Waals surface area contributed by atoms with Crippen molar-refractivity contribution in [1.29, 1.82) is 0 Å². The first-order chi connectivity index (χ1) is 19.9. The maximum Gasteiger partial charge on any atom is 0.307 e. The van der Waals surface area contributed by atoms with E-state index in [1.54, 1.807) is 29.5 Å². The summed E-state index contributed by atoms with van der Waals surface area (Å²) < 4.78 is 6.40. The minimum absolute atomic E-state index is 0.0147. The number of carbonyl (C=O) groups is 3. The molecule has 10 nitrogen and oxygen atoms in total. The van der Waals surface area contributed by atoms with Crippen LogP contribution in [0.1, 0.15) is 49.1 Å². The number of rotatable bonds is 7. The molecule has 1 aliphatic heterocycles. The van der Waals surface area contributed by atoms with Crippen molar-refractivity contribution in [3.63, 3.8) is 0 Å². The van der Waals surface area contributed by atoms with Crippen LogP contribution in [0.2, 0.25) is 0 Å². The number of β-amino-alcohol motifs (C(OH)–C–C–N with tert-alkyl or cyclic N) is 1. The van der Waals surface area contributed by atoms with Crippen molar-refractivity contribution in [2.75, 3.05) is 6.54 Å². The summed E-state index contributed by atoms with van der Waals surface area (Å²) in [6.45, 7) is 7.67. The van der Waals surface area contributed by atoms with Crippen LogP contribution in [-0.4, -0.2) is 62.4 Å². The number of amides is 3. The fourth-order valence-electron chi connectivity index (χ4n) is 4.97. The summed E-state index contributed by atoms with van der Waals surface area (Å²) in [7, 11) is 0. The van der Waals surface area contributed by atoms with E-state index in [0.29, 0.717) is 11.1 Å². The molecule has 12 heteroatoms. The molecule has 3 atom stereocenters. The highest BCUT2D eigenvalue weighted by molar-refractivity contribution is 9.10. The molecule has 3 heterocycles. The largest absolute Gasteiger partial charge is 0.432 e. The van der Waals surface area contributed by atoms with Gasteiger partial charge in [-0.05, 0) is 41.7 Å². The van der Waals surface area contributed by atoms with Gasteiger partial charge >= 0.3 is 5.91 Å². The number of halogens is 1. The smallest absolute Gasteiger partial charge is 0.307 e. The Balaban J connectivity index is 1.27. The maximum atomic E-state index is 13.8. The molecule has 3 N–H and O–H groups in total. The van der Waals surface area contributed by atoms with E-state index >= 15 is 0 Å². The number of aromatic nitrogens is 2. The molecule has 2 aromatic heterocycles. The summed E-state index contributed by atoms with van der Waals surface area (Å²) in [5.74, 6) is -1.65. The summed E-state index contributed by atoms with van der Waals surface area (Å²) in [6, 6.07) is 11.2. The lowest BCUT2D eigenvalue weighted by molar-refractivity contribution is -0.142. The number of benzene rings is 2. The van der Waals surface area contributed by atoms with Gasteiger partial charge in [-0.3, -0.25) is 14.4 Å². The molecule has 42 heavy (non-hydrogen) atoms. The average Bonchev–Trinajstić information content (AvgIpc) is 3.67. The molecular formula is C30H32BrN5O5S. The summed E-state index contributed by atoms with van der Waals surface area (Å²) in [4.78, 5) is 51.3. The fourth-order valence-corrected chi connectivity index (χ4v) is 6.13. The fraction of sp³-hybridized carbons (Fsp3) is 0.367. The molecule has 5 rings (SSSR count). The third-order valence-corrected chi connectivity index (χ3v) is 8.70. The highest BCUT2D eigenvalue weighted by Gasteiger charge is 2.44. The molecule has 0 bridgehead atoms.